The van der Waals surface area contributed by atoms with Crippen molar-refractivity contribution in [2.75, 3.05) is 26.2 Å². The van der Waals surface area contributed by atoms with Crippen LogP contribution in [0.5, 0.6) is 11.5 Å². The van der Waals surface area contributed by atoms with E-state index in [4.69, 9.17) is 0 Å². The first-order valence-electron chi connectivity index (χ1n) is 7.44. The summed E-state index contributed by atoms with van der Waals surface area (Å²) in [6.45, 7) is 5.28. The number of rotatable bonds is 5. The van der Waals surface area contributed by atoms with Crippen molar-refractivity contribution in [3.05, 3.63) is 23.8 Å². The number of alkyl halides is 3. The lowest BCUT2D eigenvalue weighted by Crippen LogP contribution is -2.45. The standard InChI is InChI=1S/C15H21F3N2O2.2ClH/c1-2-3-13(20-8-6-19-7-9-20)12-10-11(4-5-14(12)21)22-15(16,17)18;;/h4-5,10,13,19,21H,2-3,6-9H2,1H3;2*1H/t13-;;/m1../s1. The van der Waals surface area contributed by atoms with Crippen LogP contribution in [0, 0.1) is 0 Å². The van der Waals surface area contributed by atoms with Crippen LogP contribution in [-0.2, 0) is 0 Å². The second-order valence-corrected chi connectivity index (χ2v) is 5.36. The summed E-state index contributed by atoms with van der Waals surface area (Å²) in [6, 6.07) is 3.59. The van der Waals surface area contributed by atoms with E-state index in [-0.39, 0.29) is 42.4 Å². The van der Waals surface area contributed by atoms with E-state index < -0.39 is 6.36 Å². The molecule has 1 aromatic rings. The van der Waals surface area contributed by atoms with E-state index in [0.717, 1.165) is 45.1 Å². The van der Waals surface area contributed by atoms with Crippen molar-refractivity contribution >= 4 is 24.8 Å². The maximum Gasteiger partial charge on any atom is 0.573 e. The van der Waals surface area contributed by atoms with Gasteiger partial charge in [0, 0.05) is 37.8 Å². The molecule has 1 saturated heterocycles. The zero-order valence-electron chi connectivity index (χ0n) is 13.3. The minimum Gasteiger partial charge on any atom is -0.508 e. The number of aromatic hydroxyl groups is 1. The van der Waals surface area contributed by atoms with Crippen molar-refractivity contribution in [2.24, 2.45) is 0 Å². The molecule has 1 heterocycles. The Hall–Kier alpha value is -0.890. The van der Waals surface area contributed by atoms with Gasteiger partial charge < -0.3 is 15.2 Å². The molecule has 0 bridgehead atoms. The molecular formula is C15H23Cl2F3N2O2. The van der Waals surface area contributed by atoms with Gasteiger partial charge >= 0.3 is 6.36 Å². The van der Waals surface area contributed by atoms with Crippen molar-refractivity contribution in [1.29, 1.82) is 0 Å². The third kappa shape index (κ3) is 6.55. The first kappa shape index (κ1) is 23.1. The zero-order chi connectivity index (χ0) is 16.2. The Balaban J connectivity index is 0.00000264. The number of hydrogen-bond acceptors (Lipinski definition) is 4. The SMILES string of the molecule is CCC[C@H](c1cc(OC(F)(F)F)ccc1O)N1CCNCC1.Cl.Cl. The summed E-state index contributed by atoms with van der Waals surface area (Å²) in [5.41, 5.74) is 0.491. The minimum atomic E-state index is -4.73. The molecule has 140 valence electrons. The Kier molecular flexibility index (Phi) is 9.80. The Morgan fingerprint density at radius 1 is 1.25 bits per heavy atom. The molecule has 0 aromatic heterocycles. The molecule has 1 atom stereocenters. The van der Waals surface area contributed by atoms with Gasteiger partial charge in [-0.1, -0.05) is 13.3 Å². The van der Waals surface area contributed by atoms with Crippen LogP contribution in [0.25, 0.3) is 0 Å². The fraction of sp³-hybridized carbons (Fsp3) is 0.600. The Bertz CT molecular complexity index is 498. The van der Waals surface area contributed by atoms with Gasteiger partial charge in [-0.2, -0.15) is 0 Å². The number of piperazine rings is 1. The summed E-state index contributed by atoms with van der Waals surface area (Å²) < 4.78 is 41.1. The molecule has 1 fully saturated rings. The number of phenolic OH excluding ortho intramolecular Hbond substituents is 1. The molecule has 9 heteroatoms. The minimum absolute atomic E-state index is 0. The predicted molar refractivity (Wildman–Crippen MR) is 91.4 cm³/mol. The lowest BCUT2D eigenvalue weighted by molar-refractivity contribution is -0.274. The first-order valence-corrected chi connectivity index (χ1v) is 7.44. The van der Waals surface area contributed by atoms with Crippen molar-refractivity contribution < 1.29 is 23.0 Å². The van der Waals surface area contributed by atoms with Gasteiger partial charge in [-0.3, -0.25) is 4.90 Å². The maximum atomic E-state index is 12.4. The molecule has 2 N–H and O–H groups in total. The maximum absolute atomic E-state index is 12.4. The van der Waals surface area contributed by atoms with Crippen LogP contribution < -0.4 is 10.1 Å². The summed E-state index contributed by atoms with van der Waals surface area (Å²) in [6.07, 6.45) is -3.09. The quantitative estimate of drug-likeness (QED) is 0.800. The highest BCUT2D eigenvalue weighted by molar-refractivity contribution is 5.85. The molecule has 1 aliphatic rings. The highest BCUT2D eigenvalue weighted by atomic mass is 35.5. The van der Waals surface area contributed by atoms with Gasteiger partial charge in [-0.25, -0.2) is 0 Å². The molecule has 0 radical (unpaired) electrons. The average molecular weight is 391 g/mol. The molecule has 24 heavy (non-hydrogen) atoms. The Morgan fingerprint density at radius 3 is 2.42 bits per heavy atom. The van der Waals surface area contributed by atoms with Crippen LogP contribution in [0.4, 0.5) is 13.2 Å². The van der Waals surface area contributed by atoms with Gasteiger partial charge in [-0.05, 0) is 24.6 Å². The van der Waals surface area contributed by atoms with Gasteiger partial charge in [0.05, 0.1) is 0 Å². The van der Waals surface area contributed by atoms with Gasteiger partial charge in [0.15, 0.2) is 0 Å². The number of nitrogens with zero attached hydrogens (tertiary/aromatic N) is 1. The predicted octanol–water partition coefficient (Wildman–Crippen LogP) is 3.88. The highest BCUT2D eigenvalue weighted by Gasteiger charge is 2.32. The number of ether oxygens (including phenoxy) is 1. The van der Waals surface area contributed by atoms with E-state index in [1.54, 1.807) is 0 Å². The number of hydrogen-bond donors (Lipinski definition) is 2. The number of halogens is 5. The molecule has 2 rings (SSSR count). The van der Waals surface area contributed by atoms with Gasteiger partial charge in [0.2, 0.25) is 0 Å². The largest absolute Gasteiger partial charge is 0.573 e. The van der Waals surface area contributed by atoms with Gasteiger partial charge in [-0.15, -0.1) is 38.0 Å². The average Bonchev–Trinajstić information content (AvgIpc) is 2.46. The number of phenols is 1. The topological polar surface area (TPSA) is 44.7 Å². The highest BCUT2D eigenvalue weighted by Crippen LogP contribution is 2.36. The number of nitrogens with one attached hydrogen (secondary N) is 1. The lowest BCUT2D eigenvalue weighted by atomic mass is 9.98. The van der Waals surface area contributed by atoms with Crippen molar-refractivity contribution in [3.8, 4) is 11.5 Å². The summed E-state index contributed by atoms with van der Waals surface area (Å²) in [7, 11) is 0. The molecule has 0 saturated carbocycles. The third-order valence-corrected chi connectivity index (χ3v) is 3.75. The van der Waals surface area contributed by atoms with E-state index in [1.807, 2.05) is 6.92 Å². The molecule has 4 nitrogen and oxygen atoms in total. The van der Waals surface area contributed by atoms with E-state index in [0.29, 0.717) is 5.56 Å². The lowest BCUT2D eigenvalue weighted by Gasteiger charge is -2.35. The van der Waals surface area contributed by atoms with Gasteiger partial charge in [0.25, 0.3) is 0 Å². The van der Waals surface area contributed by atoms with E-state index in [2.05, 4.69) is 15.0 Å². The van der Waals surface area contributed by atoms with Crippen LogP contribution in [0.3, 0.4) is 0 Å². The van der Waals surface area contributed by atoms with Crippen molar-refractivity contribution in [1.82, 2.24) is 10.2 Å². The number of benzene rings is 1. The molecule has 1 aliphatic heterocycles. The second-order valence-electron chi connectivity index (χ2n) is 5.36. The van der Waals surface area contributed by atoms with Crippen LogP contribution in [0.2, 0.25) is 0 Å². The van der Waals surface area contributed by atoms with Crippen LogP contribution in [-0.4, -0.2) is 42.5 Å². The molecule has 0 spiro atoms. The molecule has 1 aromatic carbocycles. The van der Waals surface area contributed by atoms with Crippen LogP contribution >= 0.6 is 24.8 Å². The molecule has 0 aliphatic carbocycles. The van der Waals surface area contributed by atoms with Crippen LogP contribution in [0.1, 0.15) is 31.4 Å². The van der Waals surface area contributed by atoms with Gasteiger partial charge in [0.1, 0.15) is 11.5 Å². The Morgan fingerprint density at radius 2 is 1.88 bits per heavy atom. The van der Waals surface area contributed by atoms with Crippen molar-refractivity contribution in [2.45, 2.75) is 32.2 Å². The smallest absolute Gasteiger partial charge is 0.508 e. The second kappa shape index (κ2) is 10.2. The molecule has 0 amide bonds. The zero-order valence-corrected chi connectivity index (χ0v) is 14.9. The third-order valence-electron chi connectivity index (χ3n) is 3.75. The summed E-state index contributed by atoms with van der Waals surface area (Å²) >= 11 is 0. The van der Waals surface area contributed by atoms with Crippen molar-refractivity contribution in [3.63, 3.8) is 0 Å². The summed E-state index contributed by atoms with van der Waals surface area (Å²) in [4.78, 5) is 2.19. The fourth-order valence-corrected chi connectivity index (χ4v) is 2.80. The summed E-state index contributed by atoms with van der Waals surface area (Å²) in [5, 5.41) is 13.3. The van der Waals surface area contributed by atoms with Crippen LogP contribution in [0.15, 0.2) is 18.2 Å². The fourth-order valence-electron chi connectivity index (χ4n) is 2.80. The Labute approximate surface area is 152 Å². The van der Waals surface area contributed by atoms with E-state index in [1.165, 1.54) is 12.1 Å². The normalized spacial score (nSPS) is 16.7. The molecular weight excluding hydrogens is 368 g/mol. The molecule has 0 unspecified atom stereocenters. The first-order chi connectivity index (χ1) is 10.4. The van der Waals surface area contributed by atoms with E-state index in [9.17, 15) is 18.3 Å². The monoisotopic (exact) mass is 390 g/mol. The summed E-state index contributed by atoms with van der Waals surface area (Å²) in [5.74, 6) is -0.289. The van der Waals surface area contributed by atoms with E-state index >= 15 is 0 Å².